The van der Waals surface area contributed by atoms with Crippen molar-refractivity contribution in [1.82, 2.24) is 0 Å². The highest BCUT2D eigenvalue weighted by molar-refractivity contribution is 5.85. The van der Waals surface area contributed by atoms with Crippen molar-refractivity contribution < 1.29 is 0 Å². The fourth-order valence-electron chi connectivity index (χ4n) is 0.698. The molecule has 0 spiro atoms. The van der Waals surface area contributed by atoms with Crippen LogP contribution in [0.25, 0.3) is 0 Å². The number of hydrogen-bond donors (Lipinski definition) is 1. The van der Waals surface area contributed by atoms with Crippen LogP contribution in [0.3, 0.4) is 0 Å². The van der Waals surface area contributed by atoms with Gasteiger partial charge in [0.1, 0.15) is 0 Å². The minimum absolute atomic E-state index is 0. The largest absolute Gasteiger partial charge is 0.318 e. The lowest BCUT2D eigenvalue weighted by Gasteiger charge is -2.00. The average molecular weight is 162 g/mol. The third-order valence-corrected chi connectivity index (χ3v) is 1.33. The summed E-state index contributed by atoms with van der Waals surface area (Å²) < 4.78 is 0. The van der Waals surface area contributed by atoms with E-state index in [1.54, 1.807) is 0 Å². The predicted molar refractivity (Wildman–Crippen MR) is 48.2 cm³/mol. The van der Waals surface area contributed by atoms with Crippen molar-refractivity contribution in [3.05, 3.63) is 0 Å². The summed E-state index contributed by atoms with van der Waals surface area (Å²) >= 11 is 0. The molecule has 0 aliphatic carbocycles. The number of terminal acetylenes is 1. The molecule has 1 atom stereocenters. The highest BCUT2D eigenvalue weighted by atomic mass is 35.5. The number of hydrogen-bond acceptors (Lipinski definition) is 1. The molecule has 1 unspecified atom stereocenters. The van der Waals surface area contributed by atoms with Gasteiger partial charge in [0.05, 0.1) is 6.04 Å². The van der Waals surface area contributed by atoms with Gasteiger partial charge in [0.25, 0.3) is 0 Å². The Hall–Kier alpha value is -0.190. The quantitative estimate of drug-likeness (QED) is 0.495. The summed E-state index contributed by atoms with van der Waals surface area (Å²) in [5, 5.41) is 0. The summed E-state index contributed by atoms with van der Waals surface area (Å²) in [6.45, 7) is 2.17. The summed E-state index contributed by atoms with van der Waals surface area (Å²) in [6, 6.07) is -0.0171. The third kappa shape index (κ3) is 7.81. The monoisotopic (exact) mass is 161 g/mol. The Kier molecular flexibility index (Phi) is 11.0. The van der Waals surface area contributed by atoms with Gasteiger partial charge in [-0.3, -0.25) is 0 Å². The van der Waals surface area contributed by atoms with E-state index in [0.29, 0.717) is 0 Å². The molecule has 2 N–H and O–H groups in total. The fraction of sp³-hybridized carbons (Fsp3) is 0.750. The number of unbranched alkanes of at least 4 members (excludes halogenated alkanes) is 2. The van der Waals surface area contributed by atoms with Gasteiger partial charge in [-0.05, 0) is 6.42 Å². The minimum atomic E-state index is -0.0171. The van der Waals surface area contributed by atoms with E-state index in [-0.39, 0.29) is 18.4 Å². The molecule has 0 aromatic heterocycles. The molecule has 10 heavy (non-hydrogen) atoms. The van der Waals surface area contributed by atoms with Crippen molar-refractivity contribution in [3.8, 4) is 12.3 Å². The van der Waals surface area contributed by atoms with Gasteiger partial charge >= 0.3 is 0 Å². The van der Waals surface area contributed by atoms with Gasteiger partial charge in [0, 0.05) is 0 Å². The maximum absolute atomic E-state index is 5.48. The molecule has 0 fully saturated rings. The van der Waals surface area contributed by atoms with Crippen molar-refractivity contribution in [2.45, 2.75) is 38.6 Å². The Labute approximate surface area is 69.8 Å². The highest BCUT2D eigenvalue weighted by Gasteiger charge is 1.93. The first-order chi connectivity index (χ1) is 4.31. The lowest BCUT2D eigenvalue weighted by molar-refractivity contribution is 0.632. The zero-order valence-corrected chi connectivity index (χ0v) is 7.29. The summed E-state index contributed by atoms with van der Waals surface area (Å²) in [4.78, 5) is 0. The topological polar surface area (TPSA) is 26.0 Å². The highest BCUT2D eigenvalue weighted by Crippen LogP contribution is 1.99. The Bertz CT molecular complexity index is 95.9. The lowest BCUT2D eigenvalue weighted by Crippen LogP contribution is -2.16. The normalized spacial score (nSPS) is 11.3. The molecule has 0 bridgehead atoms. The molecule has 0 radical (unpaired) electrons. The van der Waals surface area contributed by atoms with Gasteiger partial charge in [-0.25, -0.2) is 0 Å². The fourth-order valence-corrected chi connectivity index (χ4v) is 0.698. The van der Waals surface area contributed by atoms with Gasteiger partial charge in [0.15, 0.2) is 0 Å². The predicted octanol–water partition coefficient (Wildman–Crippen LogP) is 1.95. The first-order valence-electron chi connectivity index (χ1n) is 3.53. The van der Waals surface area contributed by atoms with Crippen LogP contribution >= 0.6 is 12.4 Å². The molecule has 60 valence electrons. The van der Waals surface area contributed by atoms with E-state index >= 15 is 0 Å². The molecular formula is C8H16ClN. The molecule has 0 aromatic carbocycles. The molecule has 0 saturated carbocycles. The second-order valence-electron chi connectivity index (χ2n) is 2.27. The first-order valence-corrected chi connectivity index (χ1v) is 3.53. The number of rotatable bonds is 4. The van der Waals surface area contributed by atoms with Crippen molar-refractivity contribution in [2.24, 2.45) is 5.73 Å². The molecule has 0 aliphatic heterocycles. The molecule has 0 aliphatic rings. The summed E-state index contributed by atoms with van der Waals surface area (Å²) in [5.74, 6) is 2.50. The maximum Gasteiger partial charge on any atom is 0.0661 e. The Morgan fingerprint density at radius 2 is 2.10 bits per heavy atom. The van der Waals surface area contributed by atoms with Crippen molar-refractivity contribution >= 4 is 12.4 Å². The molecular weight excluding hydrogens is 146 g/mol. The van der Waals surface area contributed by atoms with Crippen molar-refractivity contribution in [1.29, 1.82) is 0 Å². The second-order valence-corrected chi connectivity index (χ2v) is 2.27. The van der Waals surface area contributed by atoms with E-state index in [1.165, 1.54) is 19.3 Å². The van der Waals surface area contributed by atoms with Crippen LogP contribution in [-0.2, 0) is 0 Å². The average Bonchev–Trinajstić information content (AvgIpc) is 1.89. The van der Waals surface area contributed by atoms with Crippen LogP contribution in [0.4, 0.5) is 0 Å². The number of halogens is 1. The smallest absolute Gasteiger partial charge is 0.0661 e. The van der Waals surface area contributed by atoms with E-state index < -0.39 is 0 Å². The van der Waals surface area contributed by atoms with E-state index in [1.807, 2.05) is 0 Å². The Morgan fingerprint density at radius 3 is 2.50 bits per heavy atom. The van der Waals surface area contributed by atoms with Crippen LogP contribution in [0, 0.1) is 12.3 Å². The standard InChI is InChI=1S/C8H15N.ClH/c1-3-5-6-7-8(9)4-2;/h2,8H,3,5-7,9H2,1H3;1H. The van der Waals surface area contributed by atoms with E-state index in [4.69, 9.17) is 12.2 Å². The molecule has 0 saturated heterocycles. The molecule has 2 heteroatoms. The minimum Gasteiger partial charge on any atom is -0.318 e. The Morgan fingerprint density at radius 1 is 1.50 bits per heavy atom. The van der Waals surface area contributed by atoms with Crippen molar-refractivity contribution in [3.63, 3.8) is 0 Å². The molecule has 0 aromatic rings. The summed E-state index contributed by atoms with van der Waals surface area (Å²) in [7, 11) is 0. The molecule has 0 amide bonds. The van der Waals surface area contributed by atoms with Crippen LogP contribution in [0.5, 0.6) is 0 Å². The van der Waals surface area contributed by atoms with Crippen LogP contribution in [0.15, 0.2) is 0 Å². The van der Waals surface area contributed by atoms with E-state index in [0.717, 1.165) is 6.42 Å². The SMILES string of the molecule is C#CC(N)CCCCC.Cl. The maximum atomic E-state index is 5.48. The van der Waals surface area contributed by atoms with Gasteiger partial charge in [-0.1, -0.05) is 32.1 Å². The first kappa shape index (κ1) is 12.5. The lowest BCUT2D eigenvalue weighted by atomic mass is 10.1. The van der Waals surface area contributed by atoms with Crippen molar-refractivity contribution in [2.75, 3.05) is 0 Å². The van der Waals surface area contributed by atoms with Gasteiger partial charge in [-0.15, -0.1) is 18.8 Å². The van der Waals surface area contributed by atoms with Crippen LogP contribution in [0.1, 0.15) is 32.6 Å². The van der Waals surface area contributed by atoms with Gasteiger partial charge < -0.3 is 5.73 Å². The van der Waals surface area contributed by atoms with Gasteiger partial charge in [-0.2, -0.15) is 0 Å². The summed E-state index contributed by atoms with van der Waals surface area (Å²) in [5.41, 5.74) is 5.48. The molecule has 1 nitrogen and oxygen atoms in total. The zero-order chi connectivity index (χ0) is 7.11. The zero-order valence-electron chi connectivity index (χ0n) is 6.47. The second kappa shape index (κ2) is 8.81. The third-order valence-electron chi connectivity index (χ3n) is 1.33. The molecule has 0 heterocycles. The van der Waals surface area contributed by atoms with E-state index in [2.05, 4.69) is 12.8 Å². The molecule has 0 rings (SSSR count). The summed E-state index contributed by atoms with van der Waals surface area (Å²) in [6.07, 6.45) is 9.70. The van der Waals surface area contributed by atoms with Crippen LogP contribution < -0.4 is 5.73 Å². The van der Waals surface area contributed by atoms with Gasteiger partial charge in [0.2, 0.25) is 0 Å². The van der Waals surface area contributed by atoms with Crippen LogP contribution in [-0.4, -0.2) is 6.04 Å². The van der Waals surface area contributed by atoms with E-state index in [9.17, 15) is 0 Å². The van der Waals surface area contributed by atoms with Crippen LogP contribution in [0.2, 0.25) is 0 Å². The number of nitrogens with two attached hydrogens (primary N) is 1. The Balaban J connectivity index is 0.